The predicted molar refractivity (Wildman–Crippen MR) is 81.3 cm³/mol. The smallest absolute Gasteiger partial charge is 0.0441 e. The quantitative estimate of drug-likeness (QED) is 0.837. The van der Waals surface area contributed by atoms with Crippen LogP contribution in [0.25, 0.3) is 10.4 Å². The van der Waals surface area contributed by atoms with Crippen molar-refractivity contribution >= 4 is 22.9 Å². The third-order valence-electron chi connectivity index (χ3n) is 3.21. The number of halogens is 1. The second-order valence-electron chi connectivity index (χ2n) is 4.88. The molecule has 0 aliphatic rings. The second kappa shape index (κ2) is 5.43. The van der Waals surface area contributed by atoms with Crippen molar-refractivity contribution in [2.75, 3.05) is 0 Å². The van der Waals surface area contributed by atoms with Crippen molar-refractivity contribution in [2.45, 2.75) is 26.8 Å². The lowest BCUT2D eigenvalue weighted by Crippen LogP contribution is -2.14. The molecule has 1 aromatic heterocycles. The Morgan fingerprint density at radius 1 is 1.17 bits per heavy atom. The molecule has 0 aliphatic carbocycles. The predicted octanol–water partition coefficient (Wildman–Crippen LogP) is 5.03. The zero-order valence-electron chi connectivity index (χ0n) is 10.9. The van der Waals surface area contributed by atoms with Crippen molar-refractivity contribution in [2.24, 2.45) is 11.7 Å². The van der Waals surface area contributed by atoms with Crippen LogP contribution in [0, 0.1) is 12.8 Å². The van der Waals surface area contributed by atoms with Crippen LogP contribution in [-0.4, -0.2) is 0 Å². The van der Waals surface area contributed by atoms with Crippen LogP contribution in [0.3, 0.4) is 0 Å². The van der Waals surface area contributed by atoms with Gasteiger partial charge in [0.1, 0.15) is 0 Å². The molecule has 0 saturated carbocycles. The minimum atomic E-state index is 0.114. The molecule has 96 valence electrons. The maximum Gasteiger partial charge on any atom is 0.0441 e. The molecule has 0 amide bonds. The van der Waals surface area contributed by atoms with Gasteiger partial charge in [-0.15, -0.1) is 11.3 Å². The van der Waals surface area contributed by atoms with Crippen molar-refractivity contribution in [3.8, 4) is 10.4 Å². The minimum Gasteiger partial charge on any atom is -0.323 e. The van der Waals surface area contributed by atoms with Gasteiger partial charge in [0.2, 0.25) is 0 Å². The van der Waals surface area contributed by atoms with Crippen LogP contribution < -0.4 is 5.73 Å². The Morgan fingerprint density at radius 2 is 1.89 bits per heavy atom. The van der Waals surface area contributed by atoms with Crippen LogP contribution in [0.15, 0.2) is 30.3 Å². The van der Waals surface area contributed by atoms with E-state index in [1.54, 1.807) is 11.3 Å². The molecular weight excluding hydrogens is 262 g/mol. The monoisotopic (exact) mass is 279 g/mol. The summed E-state index contributed by atoms with van der Waals surface area (Å²) in [5.74, 6) is 0.456. The van der Waals surface area contributed by atoms with Crippen molar-refractivity contribution in [3.63, 3.8) is 0 Å². The van der Waals surface area contributed by atoms with Gasteiger partial charge in [0.25, 0.3) is 0 Å². The largest absolute Gasteiger partial charge is 0.323 e. The van der Waals surface area contributed by atoms with E-state index in [-0.39, 0.29) is 6.04 Å². The summed E-state index contributed by atoms with van der Waals surface area (Å²) in [5.41, 5.74) is 8.52. The average Bonchev–Trinajstić information content (AvgIpc) is 2.80. The summed E-state index contributed by atoms with van der Waals surface area (Å²) >= 11 is 7.93. The van der Waals surface area contributed by atoms with E-state index >= 15 is 0 Å². The van der Waals surface area contributed by atoms with Crippen molar-refractivity contribution in [3.05, 3.63) is 45.8 Å². The highest BCUT2D eigenvalue weighted by molar-refractivity contribution is 7.15. The molecule has 2 N–H and O–H groups in total. The molecule has 0 saturated heterocycles. The summed E-state index contributed by atoms with van der Waals surface area (Å²) in [6.07, 6.45) is 0. The fraction of sp³-hybridized carbons (Fsp3) is 0.333. The second-order valence-corrected chi connectivity index (χ2v) is 6.41. The molecule has 0 bridgehead atoms. The van der Waals surface area contributed by atoms with Gasteiger partial charge < -0.3 is 5.73 Å². The van der Waals surface area contributed by atoms with E-state index < -0.39 is 0 Å². The van der Waals surface area contributed by atoms with Gasteiger partial charge in [0.15, 0.2) is 0 Å². The first-order valence-corrected chi connectivity index (χ1v) is 7.31. The van der Waals surface area contributed by atoms with Crippen LogP contribution >= 0.6 is 22.9 Å². The molecule has 18 heavy (non-hydrogen) atoms. The summed E-state index contributed by atoms with van der Waals surface area (Å²) in [7, 11) is 0. The minimum absolute atomic E-state index is 0.114. The van der Waals surface area contributed by atoms with Crippen molar-refractivity contribution < 1.29 is 0 Å². The Hall–Kier alpha value is -0.830. The molecule has 0 spiro atoms. The number of hydrogen-bond acceptors (Lipinski definition) is 2. The van der Waals surface area contributed by atoms with Crippen LogP contribution in [-0.2, 0) is 0 Å². The Balaban J connectivity index is 2.38. The number of benzene rings is 1. The Bertz CT molecular complexity index is 545. The maximum atomic E-state index is 6.18. The summed E-state index contributed by atoms with van der Waals surface area (Å²) in [6, 6.07) is 10.4. The molecular formula is C15H18ClNS. The lowest BCUT2D eigenvalue weighted by atomic mass is 10.0. The Kier molecular flexibility index (Phi) is 4.10. The molecule has 1 heterocycles. The van der Waals surface area contributed by atoms with E-state index in [4.69, 9.17) is 17.3 Å². The molecule has 0 radical (unpaired) electrons. The zero-order valence-corrected chi connectivity index (χ0v) is 12.5. The van der Waals surface area contributed by atoms with Crippen molar-refractivity contribution in [1.82, 2.24) is 0 Å². The third kappa shape index (κ3) is 2.61. The highest BCUT2D eigenvalue weighted by atomic mass is 35.5. The van der Waals surface area contributed by atoms with Crippen LogP contribution in [0.5, 0.6) is 0 Å². The SMILES string of the molecule is Cc1c(Cl)cccc1-c1ccc(C(N)C(C)C)s1. The molecule has 0 fully saturated rings. The molecule has 1 atom stereocenters. The van der Waals surface area contributed by atoms with E-state index in [1.807, 2.05) is 12.1 Å². The summed E-state index contributed by atoms with van der Waals surface area (Å²) in [5, 5.41) is 0.815. The van der Waals surface area contributed by atoms with Crippen LogP contribution in [0.1, 0.15) is 30.3 Å². The van der Waals surface area contributed by atoms with Crippen molar-refractivity contribution in [1.29, 1.82) is 0 Å². The highest BCUT2D eigenvalue weighted by Gasteiger charge is 2.14. The van der Waals surface area contributed by atoms with E-state index in [2.05, 4.69) is 39.0 Å². The summed E-state index contributed by atoms with van der Waals surface area (Å²) in [4.78, 5) is 2.47. The Morgan fingerprint density at radius 3 is 2.56 bits per heavy atom. The molecule has 1 aromatic carbocycles. The zero-order chi connectivity index (χ0) is 13.3. The van der Waals surface area contributed by atoms with E-state index in [1.165, 1.54) is 15.3 Å². The molecule has 2 rings (SSSR count). The van der Waals surface area contributed by atoms with Gasteiger partial charge in [0, 0.05) is 20.8 Å². The van der Waals surface area contributed by atoms with Gasteiger partial charge in [-0.2, -0.15) is 0 Å². The number of nitrogens with two attached hydrogens (primary N) is 1. The first-order chi connectivity index (χ1) is 8.50. The van der Waals surface area contributed by atoms with Gasteiger partial charge in [-0.1, -0.05) is 37.6 Å². The Labute approximate surface area is 118 Å². The molecule has 1 nitrogen and oxygen atoms in total. The van der Waals surface area contributed by atoms with Crippen LogP contribution in [0.2, 0.25) is 5.02 Å². The first kappa shape index (κ1) is 13.6. The number of hydrogen-bond donors (Lipinski definition) is 1. The van der Waals surface area contributed by atoms with Gasteiger partial charge in [-0.25, -0.2) is 0 Å². The molecule has 2 aromatic rings. The summed E-state index contributed by atoms with van der Waals surface area (Å²) < 4.78 is 0. The average molecular weight is 280 g/mol. The van der Waals surface area contributed by atoms with E-state index in [0.29, 0.717) is 5.92 Å². The fourth-order valence-electron chi connectivity index (χ4n) is 1.88. The van der Waals surface area contributed by atoms with Gasteiger partial charge >= 0.3 is 0 Å². The fourth-order valence-corrected chi connectivity index (χ4v) is 3.32. The van der Waals surface area contributed by atoms with E-state index in [0.717, 1.165) is 10.6 Å². The maximum absolute atomic E-state index is 6.18. The van der Waals surface area contributed by atoms with E-state index in [9.17, 15) is 0 Å². The number of rotatable bonds is 3. The third-order valence-corrected chi connectivity index (χ3v) is 4.84. The summed E-state index contributed by atoms with van der Waals surface area (Å²) in [6.45, 7) is 6.35. The lowest BCUT2D eigenvalue weighted by Gasteiger charge is -2.13. The number of thiophene rings is 1. The van der Waals surface area contributed by atoms with Gasteiger partial charge in [0.05, 0.1) is 0 Å². The molecule has 3 heteroatoms. The topological polar surface area (TPSA) is 26.0 Å². The standard InChI is InChI=1S/C15H18ClNS/c1-9(2)15(17)14-8-7-13(18-14)11-5-4-6-12(16)10(11)3/h4-9,15H,17H2,1-3H3. The normalized spacial score (nSPS) is 13.0. The first-order valence-electron chi connectivity index (χ1n) is 6.11. The lowest BCUT2D eigenvalue weighted by molar-refractivity contribution is 0.521. The van der Waals surface area contributed by atoms with Gasteiger partial charge in [-0.3, -0.25) is 0 Å². The molecule has 0 aliphatic heterocycles. The molecule has 1 unspecified atom stereocenters. The van der Waals surface area contributed by atoms with Gasteiger partial charge in [-0.05, 0) is 42.2 Å². The highest BCUT2D eigenvalue weighted by Crippen LogP contribution is 2.36. The van der Waals surface area contributed by atoms with Crippen LogP contribution in [0.4, 0.5) is 0 Å².